The summed E-state index contributed by atoms with van der Waals surface area (Å²) in [6, 6.07) is 10.6. The van der Waals surface area contributed by atoms with Gasteiger partial charge >= 0.3 is 5.97 Å². The largest absolute Gasteiger partial charge is 0.454 e. The molecule has 3 aliphatic rings. The van der Waals surface area contributed by atoms with Crippen molar-refractivity contribution >= 4 is 5.97 Å². The van der Waals surface area contributed by atoms with Crippen molar-refractivity contribution in [2.75, 3.05) is 0 Å². The molecule has 1 aromatic carbocycles. The minimum atomic E-state index is -0.532. The first-order chi connectivity index (χ1) is 11.2. The number of esters is 1. The maximum Gasteiger partial charge on any atom is 0.377 e. The molecular weight excluding hydrogens is 302 g/mol. The molecule has 2 aromatic rings. The van der Waals surface area contributed by atoms with Crippen molar-refractivity contribution in [1.82, 2.24) is 5.16 Å². The van der Waals surface area contributed by atoms with Gasteiger partial charge in [0.1, 0.15) is 5.60 Å². The van der Waals surface area contributed by atoms with Crippen LogP contribution in [0.3, 0.4) is 0 Å². The lowest BCUT2D eigenvalue weighted by molar-refractivity contribution is -0.0738. The number of aryl methyl sites for hydroxylation is 1. The van der Waals surface area contributed by atoms with E-state index < -0.39 is 11.6 Å². The van der Waals surface area contributed by atoms with Gasteiger partial charge in [0.25, 0.3) is 0 Å². The van der Waals surface area contributed by atoms with Crippen molar-refractivity contribution in [2.45, 2.75) is 63.4 Å². The molecule has 0 spiro atoms. The minimum absolute atomic E-state index is 0.0919. The van der Waals surface area contributed by atoms with Gasteiger partial charge in [-0.25, -0.2) is 4.79 Å². The summed E-state index contributed by atoms with van der Waals surface area (Å²) in [6.45, 7) is 7.64. The Balaban J connectivity index is 1.47. The molecule has 3 aliphatic carbocycles. The van der Waals surface area contributed by atoms with Crippen LogP contribution < -0.4 is 0 Å². The third-order valence-electron chi connectivity index (χ3n) is 5.35. The van der Waals surface area contributed by atoms with Gasteiger partial charge in [-0.2, -0.15) is 0 Å². The average molecular weight is 325 g/mol. The molecule has 24 heavy (non-hydrogen) atoms. The monoisotopic (exact) mass is 325 g/mol. The van der Waals surface area contributed by atoms with Crippen LogP contribution in [0.5, 0.6) is 0 Å². The van der Waals surface area contributed by atoms with Crippen molar-refractivity contribution in [3.63, 3.8) is 0 Å². The van der Waals surface area contributed by atoms with Crippen LogP contribution in [-0.2, 0) is 15.6 Å². The van der Waals surface area contributed by atoms with Gasteiger partial charge in [-0.3, -0.25) is 0 Å². The van der Waals surface area contributed by atoms with Crippen molar-refractivity contribution in [1.29, 1.82) is 0 Å². The highest BCUT2D eigenvalue weighted by Crippen LogP contribution is 2.73. The lowest BCUT2D eigenvalue weighted by Gasteiger charge is -2.70. The smallest absolute Gasteiger partial charge is 0.377 e. The summed E-state index contributed by atoms with van der Waals surface area (Å²) in [5, 5.41) is 4.16. The summed E-state index contributed by atoms with van der Waals surface area (Å²) < 4.78 is 10.6. The maximum absolute atomic E-state index is 12.1. The number of carbonyl (C=O) groups excluding carboxylic acids is 1. The Kier molecular flexibility index (Phi) is 3.03. The Bertz CT molecular complexity index is 775. The molecule has 0 radical (unpaired) electrons. The van der Waals surface area contributed by atoms with Gasteiger partial charge in [0, 0.05) is 11.5 Å². The van der Waals surface area contributed by atoms with E-state index in [1.807, 2.05) is 20.8 Å². The van der Waals surface area contributed by atoms with E-state index in [0.717, 1.165) is 25.0 Å². The van der Waals surface area contributed by atoms with Crippen LogP contribution in [0, 0.1) is 6.92 Å². The van der Waals surface area contributed by atoms with Crippen LogP contribution in [0.2, 0.25) is 0 Å². The molecule has 1 heterocycles. The minimum Gasteiger partial charge on any atom is -0.454 e. The number of nitrogens with zero attached hydrogens (tertiary/aromatic N) is 1. The highest BCUT2D eigenvalue weighted by molar-refractivity contribution is 5.86. The molecular formula is C20H23NO3. The van der Waals surface area contributed by atoms with Crippen LogP contribution in [0.4, 0.5) is 0 Å². The first-order valence-corrected chi connectivity index (χ1v) is 8.49. The van der Waals surface area contributed by atoms with Crippen LogP contribution in [0.15, 0.2) is 34.9 Å². The van der Waals surface area contributed by atoms with Crippen molar-refractivity contribution in [3.8, 4) is 0 Å². The Hall–Kier alpha value is -2.10. The number of rotatable bonds is 3. The number of aromatic nitrogens is 1. The number of ether oxygens (including phenoxy) is 1. The zero-order valence-corrected chi connectivity index (χ0v) is 14.7. The molecule has 2 bridgehead atoms. The highest BCUT2D eigenvalue weighted by Gasteiger charge is 2.70. The topological polar surface area (TPSA) is 52.3 Å². The fourth-order valence-corrected chi connectivity index (χ4v) is 4.22. The van der Waals surface area contributed by atoms with E-state index in [4.69, 9.17) is 9.26 Å². The van der Waals surface area contributed by atoms with Crippen molar-refractivity contribution < 1.29 is 14.1 Å². The van der Waals surface area contributed by atoms with E-state index in [-0.39, 0.29) is 11.2 Å². The van der Waals surface area contributed by atoms with Gasteiger partial charge in [0.15, 0.2) is 0 Å². The van der Waals surface area contributed by atoms with E-state index in [0.29, 0.717) is 5.41 Å². The summed E-state index contributed by atoms with van der Waals surface area (Å²) in [6.07, 6.45) is 3.26. The molecule has 5 rings (SSSR count). The second kappa shape index (κ2) is 4.71. The molecule has 3 saturated carbocycles. The van der Waals surface area contributed by atoms with E-state index in [1.54, 1.807) is 6.07 Å². The van der Waals surface area contributed by atoms with Crippen LogP contribution in [-0.4, -0.2) is 16.7 Å². The predicted octanol–water partition coefficient (Wildman–Crippen LogP) is 4.31. The summed E-state index contributed by atoms with van der Waals surface area (Å²) >= 11 is 0. The fourth-order valence-electron chi connectivity index (χ4n) is 4.22. The third-order valence-corrected chi connectivity index (χ3v) is 5.35. The normalized spacial score (nSPS) is 28.0. The summed E-state index contributed by atoms with van der Waals surface area (Å²) in [5.41, 5.74) is 3.48. The molecule has 4 heteroatoms. The Morgan fingerprint density at radius 2 is 1.75 bits per heavy atom. The molecule has 0 atom stereocenters. The molecule has 3 fully saturated rings. The summed E-state index contributed by atoms with van der Waals surface area (Å²) in [5.74, 6) is -0.241. The first kappa shape index (κ1) is 15.4. The Morgan fingerprint density at radius 3 is 2.33 bits per heavy atom. The summed E-state index contributed by atoms with van der Waals surface area (Å²) in [7, 11) is 0. The van der Waals surface area contributed by atoms with Gasteiger partial charge in [-0.1, -0.05) is 35.0 Å². The molecule has 0 N–H and O–H groups in total. The first-order valence-electron chi connectivity index (χ1n) is 8.49. The number of hydrogen-bond acceptors (Lipinski definition) is 4. The van der Waals surface area contributed by atoms with E-state index in [2.05, 4.69) is 36.3 Å². The van der Waals surface area contributed by atoms with E-state index in [9.17, 15) is 4.79 Å². The third kappa shape index (κ3) is 2.27. The quantitative estimate of drug-likeness (QED) is 0.789. The van der Waals surface area contributed by atoms with Gasteiger partial charge in [0.2, 0.25) is 5.76 Å². The molecule has 0 unspecified atom stereocenters. The van der Waals surface area contributed by atoms with E-state index >= 15 is 0 Å². The van der Waals surface area contributed by atoms with Gasteiger partial charge < -0.3 is 9.26 Å². The van der Waals surface area contributed by atoms with Crippen molar-refractivity contribution in [2.24, 2.45) is 0 Å². The Morgan fingerprint density at radius 1 is 1.12 bits per heavy atom. The number of hydrogen-bond donors (Lipinski definition) is 0. The molecule has 0 aliphatic heterocycles. The lowest BCUT2D eigenvalue weighted by atomic mass is 9.32. The maximum atomic E-state index is 12.1. The van der Waals surface area contributed by atoms with Crippen molar-refractivity contribution in [3.05, 3.63) is 52.9 Å². The zero-order chi connectivity index (χ0) is 17.2. The lowest BCUT2D eigenvalue weighted by Crippen LogP contribution is -2.67. The Labute approximate surface area is 142 Å². The number of benzene rings is 1. The average Bonchev–Trinajstić information content (AvgIpc) is 2.86. The molecule has 0 amide bonds. The molecule has 1 aromatic heterocycles. The van der Waals surface area contributed by atoms with Crippen LogP contribution in [0.25, 0.3) is 0 Å². The predicted molar refractivity (Wildman–Crippen MR) is 90.1 cm³/mol. The van der Waals surface area contributed by atoms with Gasteiger partial charge in [-0.05, 0) is 57.9 Å². The van der Waals surface area contributed by atoms with Gasteiger partial charge in [-0.15, -0.1) is 0 Å². The van der Waals surface area contributed by atoms with Gasteiger partial charge in [0.05, 0.1) is 5.69 Å². The standard InChI is InChI=1S/C20H23NO3/c1-13-5-7-14(8-6-13)19-10-20(11-19,12-19)16-9-15(24-21-16)17(22)23-18(2,3)4/h5-9H,10-12H2,1-4H3. The molecule has 126 valence electrons. The van der Waals surface area contributed by atoms with Crippen LogP contribution >= 0.6 is 0 Å². The highest BCUT2D eigenvalue weighted by atomic mass is 16.6. The number of carbonyl (C=O) groups is 1. The zero-order valence-electron chi connectivity index (χ0n) is 14.7. The SMILES string of the molecule is Cc1ccc(C23CC(c4cc(C(=O)OC(C)(C)C)on4)(C2)C3)cc1. The van der Waals surface area contributed by atoms with E-state index in [1.165, 1.54) is 11.1 Å². The second-order valence-corrected chi connectivity index (χ2v) is 8.54. The second-order valence-electron chi connectivity index (χ2n) is 8.54. The van der Waals surface area contributed by atoms with Crippen LogP contribution in [0.1, 0.15) is 67.4 Å². The fraction of sp³-hybridized carbons (Fsp3) is 0.500. The molecule has 4 nitrogen and oxygen atoms in total. The summed E-state index contributed by atoms with van der Waals surface area (Å²) in [4.78, 5) is 12.1. The molecule has 0 saturated heterocycles.